The molecule has 0 saturated heterocycles. The van der Waals surface area contributed by atoms with Crippen LogP contribution in [0.25, 0.3) is 0 Å². The highest BCUT2D eigenvalue weighted by atomic mass is 32.1. The summed E-state index contributed by atoms with van der Waals surface area (Å²) in [6.45, 7) is 3.79. The van der Waals surface area contributed by atoms with Gasteiger partial charge in [-0.15, -0.1) is 11.3 Å². The zero-order valence-corrected chi connectivity index (χ0v) is 16.0. The lowest BCUT2D eigenvalue weighted by Crippen LogP contribution is -2.44. The van der Waals surface area contributed by atoms with Crippen molar-refractivity contribution in [2.75, 3.05) is 20.2 Å². The van der Waals surface area contributed by atoms with Crippen molar-refractivity contribution in [3.8, 4) is 5.75 Å². The van der Waals surface area contributed by atoms with Gasteiger partial charge in [0.15, 0.2) is 0 Å². The molecule has 2 N–H and O–H groups in total. The van der Waals surface area contributed by atoms with Crippen LogP contribution in [0.2, 0.25) is 0 Å². The summed E-state index contributed by atoms with van der Waals surface area (Å²) in [4.78, 5) is 27.1. The first-order chi connectivity index (χ1) is 12.6. The zero-order valence-electron chi connectivity index (χ0n) is 15.2. The Morgan fingerprint density at radius 2 is 1.96 bits per heavy atom. The number of para-hydroxylation sites is 1. The van der Waals surface area contributed by atoms with Gasteiger partial charge in [-0.2, -0.15) is 0 Å². The number of nitrogens with one attached hydrogen (secondary N) is 2. The maximum Gasteiger partial charge on any atom is 0.321 e. The number of rotatable bonds is 9. The highest BCUT2D eigenvalue weighted by molar-refractivity contribution is 7.09. The monoisotopic (exact) mass is 375 g/mol. The van der Waals surface area contributed by atoms with Crippen LogP contribution in [-0.4, -0.2) is 37.0 Å². The number of benzene rings is 1. The second-order valence-corrected chi connectivity index (χ2v) is 6.87. The summed E-state index contributed by atoms with van der Waals surface area (Å²) < 4.78 is 5.41. The third kappa shape index (κ3) is 6.50. The summed E-state index contributed by atoms with van der Waals surface area (Å²) in [5.41, 5.74) is 0.995. The van der Waals surface area contributed by atoms with E-state index in [0.717, 1.165) is 22.6 Å². The normalized spacial score (nSPS) is 10.6. The Morgan fingerprint density at radius 1 is 1.15 bits per heavy atom. The minimum absolute atomic E-state index is 0.121. The molecule has 0 aliphatic heterocycles. The molecule has 2 aromatic rings. The topological polar surface area (TPSA) is 70.7 Å². The van der Waals surface area contributed by atoms with E-state index in [2.05, 4.69) is 10.6 Å². The summed E-state index contributed by atoms with van der Waals surface area (Å²) in [6.07, 6.45) is 0.819. The van der Waals surface area contributed by atoms with Crippen LogP contribution in [-0.2, 0) is 17.9 Å². The molecular formula is C19H25N3O3S. The molecule has 2 rings (SSSR count). The molecule has 1 aromatic carbocycles. The quantitative estimate of drug-likeness (QED) is 0.707. The van der Waals surface area contributed by atoms with Crippen LogP contribution < -0.4 is 15.4 Å². The van der Waals surface area contributed by atoms with E-state index in [4.69, 9.17) is 4.74 Å². The van der Waals surface area contributed by atoms with E-state index in [1.165, 1.54) is 0 Å². The van der Waals surface area contributed by atoms with Crippen LogP contribution in [0.1, 0.15) is 23.8 Å². The Labute approximate surface area is 158 Å². The average Bonchev–Trinajstić information content (AvgIpc) is 3.13. The lowest BCUT2D eigenvalue weighted by molar-refractivity contribution is -0.121. The summed E-state index contributed by atoms with van der Waals surface area (Å²) in [5, 5.41) is 7.03. The molecule has 0 bridgehead atoms. The molecule has 0 saturated carbocycles. The van der Waals surface area contributed by atoms with Gasteiger partial charge in [-0.05, 0) is 23.9 Å². The highest BCUT2D eigenvalue weighted by Gasteiger charge is 2.16. The second-order valence-electron chi connectivity index (χ2n) is 5.84. The minimum Gasteiger partial charge on any atom is -0.496 e. The van der Waals surface area contributed by atoms with Gasteiger partial charge in [0, 0.05) is 30.1 Å². The van der Waals surface area contributed by atoms with Gasteiger partial charge in [0.1, 0.15) is 5.75 Å². The summed E-state index contributed by atoms with van der Waals surface area (Å²) in [7, 11) is 1.63. The highest BCUT2D eigenvalue weighted by Crippen LogP contribution is 2.21. The number of imide groups is 1. The van der Waals surface area contributed by atoms with Gasteiger partial charge in [0.05, 0.1) is 13.7 Å². The number of urea groups is 1. The number of nitrogens with zero attached hydrogens (tertiary/aromatic N) is 1. The molecule has 3 amide bonds. The molecule has 140 valence electrons. The maximum atomic E-state index is 12.3. The van der Waals surface area contributed by atoms with Gasteiger partial charge in [-0.1, -0.05) is 31.2 Å². The molecule has 0 atom stereocenters. The first-order valence-electron chi connectivity index (χ1n) is 8.56. The van der Waals surface area contributed by atoms with E-state index in [1.54, 1.807) is 18.4 Å². The molecule has 0 radical (unpaired) electrons. The summed E-state index contributed by atoms with van der Waals surface area (Å²) in [6, 6.07) is 11.3. The third-order valence-electron chi connectivity index (χ3n) is 3.70. The number of hydrogen-bond acceptors (Lipinski definition) is 5. The van der Waals surface area contributed by atoms with Crippen LogP contribution in [0.5, 0.6) is 5.75 Å². The van der Waals surface area contributed by atoms with Crippen LogP contribution in [0.3, 0.4) is 0 Å². The average molecular weight is 375 g/mol. The Bertz CT molecular complexity index is 704. The van der Waals surface area contributed by atoms with Crippen molar-refractivity contribution in [3.05, 3.63) is 52.2 Å². The van der Waals surface area contributed by atoms with Crippen LogP contribution >= 0.6 is 11.3 Å². The standard InChI is InChI=1S/C19H25N3O3S/c1-3-10-20-19(24)21-18(23)14-22(13-16-8-6-11-26-16)12-15-7-4-5-9-17(15)25-2/h4-9,11H,3,10,12-14H2,1-2H3,(H2,20,21,23,24). The van der Waals surface area contributed by atoms with Crippen LogP contribution in [0, 0.1) is 0 Å². The van der Waals surface area contributed by atoms with E-state index >= 15 is 0 Å². The van der Waals surface area contributed by atoms with Gasteiger partial charge >= 0.3 is 6.03 Å². The Kier molecular flexibility index (Phi) is 8.11. The fourth-order valence-corrected chi connectivity index (χ4v) is 3.26. The molecule has 0 fully saturated rings. The molecule has 0 spiro atoms. The molecular weight excluding hydrogens is 350 g/mol. The molecule has 1 heterocycles. The smallest absolute Gasteiger partial charge is 0.321 e. The SMILES string of the molecule is CCCNC(=O)NC(=O)CN(Cc1cccs1)Cc1ccccc1OC. The fraction of sp³-hybridized carbons (Fsp3) is 0.368. The van der Waals surface area contributed by atoms with Crippen molar-refractivity contribution in [2.24, 2.45) is 0 Å². The number of methoxy groups -OCH3 is 1. The van der Waals surface area contributed by atoms with Crippen LogP contribution in [0.15, 0.2) is 41.8 Å². The predicted molar refractivity (Wildman–Crippen MR) is 103 cm³/mol. The largest absolute Gasteiger partial charge is 0.496 e. The second kappa shape index (κ2) is 10.6. The van der Waals surface area contributed by atoms with E-state index in [1.807, 2.05) is 53.6 Å². The molecule has 6 nitrogen and oxygen atoms in total. The molecule has 26 heavy (non-hydrogen) atoms. The van der Waals surface area contributed by atoms with Crippen molar-refractivity contribution in [2.45, 2.75) is 26.4 Å². The van der Waals surface area contributed by atoms with E-state index in [-0.39, 0.29) is 12.5 Å². The van der Waals surface area contributed by atoms with Crippen molar-refractivity contribution >= 4 is 23.3 Å². The molecule has 1 aromatic heterocycles. The Morgan fingerprint density at radius 3 is 2.65 bits per heavy atom. The predicted octanol–water partition coefficient (Wildman–Crippen LogP) is 2.99. The van der Waals surface area contributed by atoms with Gasteiger partial charge in [0.25, 0.3) is 0 Å². The van der Waals surface area contributed by atoms with Crippen molar-refractivity contribution in [1.29, 1.82) is 0 Å². The van der Waals surface area contributed by atoms with Gasteiger partial charge in [-0.3, -0.25) is 15.0 Å². The minimum atomic E-state index is -0.454. The third-order valence-corrected chi connectivity index (χ3v) is 4.56. The zero-order chi connectivity index (χ0) is 18.8. The Hall–Kier alpha value is -2.38. The molecule has 7 heteroatoms. The van der Waals surface area contributed by atoms with Crippen LogP contribution in [0.4, 0.5) is 4.79 Å². The maximum absolute atomic E-state index is 12.3. The number of hydrogen-bond donors (Lipinski definition) is 2. The summed E-state index contributed by atoms with van der Waals surface area (Å²) >= 11 is 1.64. The fourth-order valence-electron chi connectivity index (χ4n) is 2.52. The van der Waals surface area contributed by atoms with E-state index in [0.29, 0.717) is 19.6 Å². The van der Waals surface area contributed by atoms with Crippen molar-refractivity contribution in [1.82, 2.24) is 15.5 Å². The number of carbonyl (C=O) groups excluding carboxylic acids is 2. The molecule has 0 unspecified atom stereocenters. The van der Waals surface area contributed by atoms with E-state index in [9.17, 15) is 9.59 Å². The lowest BCUT2D eigenvalue weighted by Gasteiger charge is -2.22. The first kappa shape index (κ1) is 19.9. The van der Waals surface area contributed by atoms with Crippen molar-refractivity contribution in [3.63, 3.8) is 0 Å². The van der Waals surface area contributed by atoms with E-state index < -0.39 is 6.03 Å². The number of amides is 3. The first-order valence-corrected chi connectivity index (χ1v) is 9.44. The van der Waals surface area contributed by atoms with Gasteiger partial charge < -0.3 is 10.1 Å². The summed E-state index contributed by atoms with van der Waals surface area (Å²) in [5.74, 6) is 0.454. The lowest BCUT2D eigenvalue weighted by atomic mass is 10.2. The number of ether oxygens (including phenoxy) is 1. The van der Waals surface area contributed by atoms with Gasteiger partial charge in [-0.25, -0.2) is 4.79 Å². The Balaban J connectivity index is 2.03. The van der Waals surface area contributed by atoms with Crippen molar-refractivity contribution < 1.29 is 14.3 Å². The molecule has 0 aliphatic carbocycles. The van der Waals surface area contributed by atoms with Gasteiger partial charge in [0.2, 0.25) is 5.91 Å². The molecule has 0 aliphatic rings. The number of thiophene rings is 1. The number of carbonyl (C=O) groups is 2.